The summed E-state index contributed by atoms with van der Waals surface area (Å²) in [5.41, 5.74) is 0.735. The Balaban J connectivity index is 1.71. The van der Waals surface area contributed by atoms with Crippen molar-refractivity contribution in [2.75, 3.05) is 40.0 Å². The third-order valence-corrected chi connectivity index (χ3v) is 8.04. The monoisotopic (exact) mass is 444 g/mol. The average Bonchev–Trinajstić information content (AvgIpc) is 2.71. The number of hydrogen-bond donors (Lipinski definition) is 0. The number of piperidine rings is 1. The molecule has 1 aromatic rings. The van der Waals surface area contributed by atoms with E-state index in [4.69, 9.17) is 21.1 Å². The molecule has 0 atom stereocenters. The molecule has 2 aliphatic rings. The van der Waals surface area contributed by atoms with Crippen LogP contribution in [-0.2, 0) is 24.3 Å². The number of carbonyl (C=O) groups is 1. The quantitative estimate of drug-likeness (QED) is 0.673. The number of carbonyl (C=O) groups excluding carboxylic acids is 1. The molecule has 0 spiro atoms. The fraction of sp³-hybridized carbons (Fsp3) is 0.650. The maximum Gasteiger partial charge on any atom is 0.249 e. The second kappa shape index (κ2) is 9.75. The minimum Gasteiger partial charge on any atom is -0.381 e. The molecule has 2 aliphatic heterocycles. The lowest BCUT2D eigenvalue weighted by atomic mass is 9.98. The highest BCUT2D eigenvalue weighted by Gasteiger charge is 2.36. The molecule has 0 radical (unpaired) electrons. The smallest absolute Gasteiger partial charge is 0.249 e. The van der Waals surface area contributed by atoms with E-state index in [1.807, 2.05) is 4.90 Å². The summed E-state index contributed by atoms with van der Waals surface area (Å²) in [7, 11) is -2.06. The van der Waals surface area contributed by atoms with Gasteiger partial charge in [0.15, 0.2) is 0 Å². The summed E-state index contributed by atoms with van der Waals surface area (Å²) in [5.74, 6) is -0.0333. The van der Waals surface area contributed by atoms with Gasteiger partial charge in [0.1, 0.15) is 6.61 Å². The standard InChI is InChI=1S/C20H29ClN2O5S/c1-15-13-18(3-4-19(15)21)29(25,26)22-9-5-16(6-10-22)23(20(24)14-27-2)17-7-11-28-12-8-17/h3-4,13,16-17H,5-12,14H2,1-2H3. The third kappa shape index (κ3) is 5.11. The molecular weight excluding hydrogens is 416 g/mol. The van der Waals surface area contributed by atoms with Gasteiger partial charge in [0.05, 0.1) is 4.90 Å². The highest BCUT2D eigenvalue weighted by molar-refractivity contribution is 7.89. The number of amides is 1. The number of rotatable bonds is 6. The van der Waals surface area contributed by atoms with Crippen LogP contribution in [0.1, 0.15) is 31.2 Å². The van der Waals surface area contributed by atoms with Crippen LogP contribution in [0, 0.1) is 6.92 Å². The Morgan fingerprint density at radius 2 is 1.83 bits per heavy atom. The lowest BCUT2D eigenvalue weighted by Gasteiger charge is -2.43. The minimum atomic E-state index is -3.58. The number of sulfonamides is 1. The average molecular weight is 445 g/mol. The van der Waals surface area contributed by atoms with E-state index in [2.05, 4.69) is 0 Å². The number of nitrogens with zero attached hydrogens (tertiary/aromatic N) is 2. The molecule has 3 rings (SSSR count). The molecule has 0 N–H and O–H groups in total. The number of hydrogen-bond acceptors (Lipinski definition) is 5. The van der Waals surface area contributed by atoms with E-state index in [-0.39, 0.29) is 29.5 Å². The van der Waals surface area contributed by atoms with Crippen LogP contribution in [0.4, 0.5) is 0 Å². The van der Waals surface area contributed by atoms with Crippen LogP contribution in [0.3, 0.4) is 0 Å². The molecule has 2 fully saturated rings. The topological polar surface area (TPSA) is 76.2 Å². The van der Waals surface area contributed by atoms with Crippen LogP contribution in [0.5, 0.6) is 0 Å². The molecule has 162 valence electrons. The number of ether oxygens (including phenoxy) is 2. The SMILES string of the molecule is COCC(=O)N(C1CCOCC1)C1CCN(S(=O)(=O)c2ccc(Cl)c(C)c2)CC1. The summed E-state index contributed by atoms with van der Waals surface area (Å²) < 4.78 is 38.1. The van der Waals surface area contributed by atoms with E-state index in [0.29, 0.717) is 44.2 Å². The first-order valence-corrected chi connectivity index (χ1v) is 11.8. The molecule has 1 aromatic carbocycles. The Morgan fingerprint density at radius 3 is 2.41 bits per heavy atom. The van der Waals surface area contributed by atoms with Crippen molar-refractivity contribution in [1.82, 2.24) is 9.21 Å². The zero-order chi connectivity index (χ0) is 21.0. The molecule has 29 heavy (non-hydrogen) atoms. The van der Waals surface area contributed by atoms with Gasteiger partial charge in [0.25, 0.3) is 0 Å². The van der Waals surface area contributed by atoms with Crippen LogP contribution in [0.2, 0.25) is 5.02 Å². The fourth-order valence-electron chi connectivity index (χ4n) is 4.15. The van der Waals surface area contributed by atoms with Gasteiger partial charge in [-0.05, 0) is 56.4 Å². The summed E-state index contributed by atoms with van der Waals surface area (Å²) in [6.45, 7) is 3.89. The summed E-state index contributed by atoms with van der Waals surface area (Å²) in [5, 5.41) is 0.548. The first kappa shape index (κ1) is 22.5. The van der Waals surface area contributed by atoms with E-state index in [1.165, 1.54) is 11.4 Å². The number of benzene rings is 1. The number of methoxy groups -OCH3 is 1. The molecule has 0 aromatic heterocycles. The molecule has 7 nitrogen and oxygen atoms in total. The molecule has 0 bridgehead atoms. The maximum atomic E-state index is 13.0. The van der Waals surface area contributed by atoms with E-state index >= 15 is 0 Å². The van der Waals surface area contributed by atoms with Gasteiger partial charge in [-0.1, -0.05) is 11.6 Å². The Morgan fingerprint density at radius 1 is 1.21 bits per heavy atom. The van der Waals surface area contributed by atoms with Gasteiger partial charge in [-0.3, -0.25) is 4.79 Å². The van der Waals surface area contributed by atoms with Gasteiger partial charge in [-0.15, -0.1) is 0 Å². The number of halogens is 1. The molecule has 0 aliphatic carbocycles. The van der Waals surface area contributed by atoms with Gasteiger partial charge in [0, 0.05) is 50.5 Å². The van der Waals surface area contributed by atoms with Gasteiger partial charge >= 0.3 is 0 Å². The van der Waals surface area contributed by atoms with E-state index in [1.54, 1.807) is 25.1 Å². The van der Waals surface area contributed by atoms with Crippen molar-refractivity contribution >= 4 is 27.5 Å². The first-order chi connectivity index (χ1) is 13.8. The Labute approximate surface area is 178 Å². The summed E-state index contributed by atoms with van der Waals surface area (Å²) >= 11 is 6.03. The second-order valence-electron chi connectivity index (χ2n) is 7.62. The van der Waals surface area contributed by atoms with Crippen LogP contribution >= 0.6 is 11.6 Å². The first-order valence-electron chi connectivity index (χ1n) is 9.98. The van der Waals surface area contributed by atoms with Crippen LogP contribution in [0.25, 0.3) is 0 Å². The van der Waals surface area contributed by atoms with E-state index < -0.39 is 10.0 Å². The maximum absolute atomic E-state index is 13.0. The van der Waals surface area contributed by atoms with E-state index in [0.717, 1.165) is 18.4 Å². The van der Waals surface area contributed by atoms with E-state index in [9.17, 15) is 13.2 Å². The molecule has 2 saturated heterocycles. The van der Waals surface area contributed by atoms with Crippen molar-refractivity contribution in [2.24, 2.45) is 0 Å². The lowest BCUT2D eigenvalue weighted by Crippen LogP contribution is -2.54. The fourth-order valence-corrected chi connectivity index (χ4v) is 5.83. The Hall–Kier alpha value is -1.19. The van der Waals surface area contributed by atoms with Crippen molar-refractivity contribution in [3.63, 3.8) is 0 Å². The lowest BCUT2D eigenvalue weighted by molar-refractivity contribution is -0.143. The van der Waals surface area contributed by atoms with Crippen molar-refractivity contribution in [3.8, 4) is 0 Å². The van der Waals surface area contributed by atoms with Gasteiger partial charge in [-0.2, -0.15) is 4.31 Å². The summed E-state index contributed by atoms with van der Waals surface area (Å²) in [6, 6.07) is 4.91. The van der Waals surface area contributed by atoms with Gasteiger partial charge in [0.2, 0.25) is 15.9 Å². The van der Waals surface area contributed by atoms with Gasteiger partial charge in [-0.25, -0.2) is 8.42 Å². The summed E-state index contributed by atoms with van der Waals surface area (Å²) in [4.78, 5) is 14.9. The third-order valence-electron chi connectivity index (χ3n) is 5.72. The Bertz CT molecular complexity index is 818. The predicted octanol–water partition coefficient (Wildman–Crippen LogP) is 2.46. The summed E-state index contributed by atoms with van der Waals surface area (Å²) in [6.07, 6.45) is 2.83. The van der Waals surface area contributed by atoms with Gasteiger partial charge < -0.3 is 14.4 Å². The molecular formula is C20H29ClN2O5S. The van der Waals surface area contributed by atoms with Crippen LogP contribution in [-0.4, -0.2) is 75.6 Å². The molecule has 2 heterocycles. The predicted molar refractivity (Wildman–Crippen MR) is 111 cm³/mol. The van der Waals surface area contributed by atoms with Crippen molar-refractivity contribution in [3.05, 3.63) is 28.8 Å². The highest BCUT2D eigenvalue weighted by atomic mass is 35.5. The van der Waals surface area contributed by atoms with Crippen LogP contribution < -0.4 is 0 Å². The Kier molecular flexibility index (Phi) is 7.56. The molecule has 1 amide bonds. The zero-order valence-corrected chi connectivity index (χ0v) is 18.5. The van der Waals surface area contributed by atoms with Crippen molar-refractivity contribution < 1.29 is 22.7 Å². The normalized spacial score (nSPS) is 20.0. The minimum absolute atomic E-state index is 0.0131. The second-order valence-corrected chi connectivity index (χ2v) is 9.97. The molecule has 9 heteroatoms. The van der Waals surface area contributed by atoms with Crippen molar-refractivity contribution in [1.29, 1.82) is 0 Å². The highest BCUT2D eigenvalue weighted by Crippen LogP contribution is 2.28. The largest absolute Gasteiger partial charge is 0.381 e. The molecule has 0 unspecified atom stereocenters. The van der Waals surface area contributed by atoms with Crippen molar-refractivity contribution in [2.45, 2.75) is 49.6 Å². The van der Waals surface area contributed by atoms with Crippen LogP contribution in [0.15, 0.2) is 23.1 Å². The molecule has 0 saturated carbocycles. The zero-order valence-electron chi connectivity index (χ0n) is 17.0. The number of aryl methyl sites for hydroxylation is 1.